The summed E-state index contributed by atoms with van der Waals surface area (Å²) in [6, 6.07) is 2.21. The van der Waals surface area contributed by atoms with Crippen LogP contribution in [0.4, 0.5) is 18.9 Å². The highest BCUT2D eigenvalue weighted by atomic mass is 35.5. The van der Waals surface area contributed by atoms with Gasteiger partial charge >= 0.3 is 6.18 Å². The van der Waals surface area contributed by atoms with Crippen LogP contribution in [0, 0.1) is 21.4 Å². The summed E-state index contributed by atoms with van der Waals surface area (Å²) in [6.07, 6.45) is -4.93. The minimum absolute atomic E-state index is 0.450. The van der Waals surface area contributed by atoms with Crippen LogP contribution >= 0.6 is 11.6 Å². The third-order valence-corrected chi connectivity index (χ3v) is 2.44. The van der Waals surface area contributed by atoms with Crippen molar-refractivity contribution in [3.05, 3.63) is 38.9 Å². The second kappa shape index (κ2) is 5.24. The first-order valence-corrected chi connectivity index (χ1v) is 5.15. The molecule has 0 N–H and O–H groups in total. The van der Waals surface area contributed by atoms with Gasteiger partial charge in [0, 0.05) is 0 Å². The maximum atomic E-state index is 12.6. The summed E-state index contributed by atoms with van der Waals surface area (Å²) in [6.45, 7) is 0. The molecule has 0 spiro atoms. The van der Waals surface area contributed by atoms with Crippen LogP contribution < -0.4 is 0 Å². The van der Waals surface area contributed by atoms with Crippen LogP contribution in [-0.4, -0.2) is 16.6 Å². The molecule has 0 fully saturated rings. The van der Waals surface area contributed by atoms with E-state index in [1.54, 1.807) is 0 Å². The van der Waals surface area contributed by atoms with Gasteiger partial charge in [0.25, 0.3) is 5.69 Å². The van der Waals surface area contributed by atoms with Gasteiger partial charge in [-0.05, 0) is 12.1 Å². The standard InChI is InChI=1S/C10H4ClF3N2O3/c11-3-8(17)5-1-2-7(10(12,13)14)6(4-15)9(5)16(18)19/h1-2H,3H2. The molecule has 1 aromatic rings. The Labute approximate surface area is 109 Å². The minimum atomic E-state index is -4.93. The van der Waals surface area contributed by atoms with Gasteiger partial charge in [0.2, 0.25) is 0 Å². The number of hydrogen-bond acceptors (Lipinski definition) is 4. The van der Waals surface area contributed by atoms with E-state index in [2.05, 4.69) is 0 Å². The van der Waals surface area contributed by atoms with Crippen molar-refractivity contribution in [3.63, 3.8) is 0 Å². The molecule has 0 aliphatic rings. The highest BCUT2D eigenvalue weighted by molar-refractivity contribution is 6.31. The van der Waals surface area contributed by atoms with E-state index in [0.717, 1.165) is 6.07 Å². The van der Waals surface area contributed by atoms with Gasteiger partial charge in [0.05, 0.1) is 21.9 Å². The van der Waals surface area contributed by atoms with E-state index >= 15 is 0 Å². The first-order valence-electron chi connectivity index (χ1n) is 4.61. The number of hydrogen-bond donors (Lipinski definition) is 0. The maximum Gasteiger partial charge on any atom is 0.417 e. The van der Waals surface area contributed by atoms with E-state index < -0.39 is 45.1 Å². The molecule has 0 amide bonds. The molecule has 5 nitrogen and oxygen atoms in total. The molecule has 0 bridgehead atoms. The highest BCUT2D eigenvalue weighted by Gasteiger charge is 2.39. The summed E-state index contributed by atoms with van der Waals surface area (Å²) in [5.41, 5.74) is -4.46. The Morgan fingerprint density at radius 3 is 2.42 bits per heavy atom. The smallest absolute Gasteiger partial charge is 0.293 e. The lowest BCUT2D eigenvalue weighted by Crippen LogP contribution is -2.13. The van der Waals surface area contributed by atoms with E-state index in [0.29, 0.717) is 12.1 Å². The van der Waals surface area contributed by atoms with Crippen LogP contribution in [0.2, 0.25) is 0 Å². The third-order valence-electron chi connectivity index (χ3n) is 2.20. The van der Waals surface area contributed by atoms with Crippen LogP contribution in [0.25, 0.3) is 0 Å². The molecule has 1 aromatic carbocycles. The van der Waals surface area contributed by atoms with Crippen LogP contribution in [0.3, 0.4) is 0 Å². The lowest BCUT2D eigenvalue weighted by atomic mass is 9.99. The zero-order valence-corrected chi connectivity index (χ0v) is 9.75. The summed E-state index contributed by atoms with van der Waals surface area (Å²) in [4.78, 5) is 20.9. The SMILES string of the molecule is N#Cc1c(C(F)(F)F)ccc(C(=O)CCl)c1[N+](=O)[O-]. The third kappa shape index (κ3) is 2.82. The fourth-order valence-corrected chi connectivity index (χ4v) is 1.57. The molecule has 0 radical (unpaired) electrons. The number of Topliss-reactive ketones (excluding diaryl/α,β-unsaturated/α-hetero) is 1. The number of rotatable bonds is 3. The lowest BCUT2D eigenvalue weighted by Gasteiger charge is -2.10. The number of nitro benzene ring substituents is 1. The Kier molecular flexibility index (Phi) is 4.11. The summed E-state index contributed by atoms with van der Waals surface area (Å²) in [5, 5.41) is 19.5. The van der Waals surface area contributed by atoms with Crippen LogP contribution in [0.15, 0.2) is 12.1 Å². The second-order valence-electron chi connectivity index (χ2n) is 3.31. The van der Waals surface area contributed by atoms with E-state index in [-0.39, 0.29) is 0 Å². The summed E-state index contributed by atoms with van der Waals surface area (Å²) >= 11 is 5.21. The number of nitrogens with zero attached hydrogens (tertiary/aromatic N) is 2. The van der Waals surface area contributed by atoms with Gasteiger partial charge in [-0.2, -0.15) is 18.4 Å². The van der Waals surface area contributed by atoms with E-state index in [9.17, 15) is 28.1 Å². The molecule has 19 heavy (non-hydrogen) atoms. The normalized spacial score (nSPS) is 10.9. The number of alkyl halides is 4. The van der Waals surface area contributed by atoms with Gasteiger partial charge in [-0.25, -0.2) is 0 Å². The predicted molar refractivity (Wildman–Crippen MR) is 57.9 cm³/mol. The van der Waals surface area contributed by atoms with Crippen LogP contribution in [-0.2, 0) is 6.18 Å². The molecule has 0 saturated heterocycles. The molecule has 0 heterocycles. The first-order chi connectivity index (χ1) is 8.73. The van der Waals surface area contributed by atoms with Gasteiger partial charge in [-0.1, -0.05) is 0 Å². The largest absolute Gasteiger partial charge is 0.417 e. The number of nitriles is 1. The molecule has 0 atom stereocenters. The fraction of sp³-hybridized carbons (Fsp3) is 0.200. The quantitative estimate of drug-likeness (QED) is 0.371. The molecule has 9 heteroatoms. The van der Waals surface area contributed by atoms with Crippen molar-refractivity contribution in [1.29, 1.82) is 5.26 Å². The molecular weight excluding hydrogens is 289 g/mol. The fourth-order valence-electron chi connectivity index (χ4n) is 1.43. The zero-order chi connectivity index (χ0) is 14.8. The lowest BCUT2D eigenvalue weighted by molar-refractivity contribution is -0.385. The van der Waals surface area contributed by atoms with Crippen molar-refractivity contribution in [2.24, 2.45) is 0 Å². The van der Waals surface area contributed by atoms with E-state index in [4.69, 9.17) is 16.9 Å². The van der Waals surface area contributed by atoms with Gasteiger partial charge < -0.3 is 0 Å². The summed E-state index contributed by atoms with van der Waals surface area (Å²) in [5.74, 6) is -1.57. The van der Waals surface area contributed by atoms with Crippen molar-refractivity contribution >= 4 is 23.1 Å². The highest BCUT2D eigenvalue weighted by Crippen LogP contribution is 2.37. The molecule has 100 valence electrons. The molecular formula is C10H4ClF3N2O3. The Bertz CT molecular complexity index is 593. The number of carbonyl (C=O) groups excluding carboxylic acids is 1. The van der Waals surface area contributed by atoms with Gasteiger partial charge in [-0.3, -0.25) is 14.9 Å². The monoisotopic (exact) mass is 292 g/mol. The molecule has 1 rings (SSSR count). The topological polar surface area (TPSA) is 84.0 Å². The first kappa shape index (κ1) is 14.9. The molecule has 0 saturated carbocycles. The zero-order valence-electron chi connectivity index (χ0n) is 8.99. The second-order valence-corrected chi connectivity index (χ2v) is 3.58. The van der Waals surface area contributed by atoms with Crippen molar-refractivity contribution in [2.75, 3.05) is 5.88 Å². The Balaban J connectivity index is 3.73. The summed E-state index contributed by atoms with van der Waals surface area (Å²) in [7, 11) is 0. The number of benzene rings is 1. The van der Waals surface area contributed by atoms with Crippen molar-refractivity contribution < 1.29 is 22.9 Å². The molecule has 0 aromatic heterocycles. The molecule has 0 unspecified atom stereocenters. The average molecular weight is 293 g/mol. The Morgan fingerprint density at radius 2 is 2.05 bits per heavy atom. The number of carbonyl (C=O) groups is 1. The Hall–Kier alpha value is -2.14. The van der Waals surface area contributed by atoms with Crippen LogP contribution in [0.5, 0.6) is 0 Å². The summed E-state index contributed by atoms with van der Waals surface area (Å²) < 4.78 is 37.8. The Morgan fingerprint density at radius 1 is 1.47 bits per heavy atom. The van der Waals surface area contributed by atoms with Crippen molar-refractivity contribution in [1.82, 2.24) is 0 Å². The van der Waals surface area contributed by atoms with Gasteiger partial charge in [-0.15, -0.1) is 11.6 Å². The van der Waals surface area contributed by atoms with E-state index in [1.807, 2.05) is 0 Å². The van der Waals surface area contributed by atoms with Crippen molar-refractivity contribution in [2.45, 2.75) is 6.18 Å². The number of halogens is 4. The number of ketones is 1. The van der Waals surface area contributed by atoms with Crippen LogP contribution in [0.1, 0.15) is 21.5 Å². The maximum absolute atomic E-state index is 12.6. The van der Waals surface area contributed by atoms with Gasteiger partial charge in [0.1, 0.15) is 11.6 Å². The van der Waals surface area contributed by atoms with Gasteiger partial charge in [0.15, 0.2) is 5.78 Å². The average Bonchev–Trinajstić information content (AvgIpc) is 2.34. The van der Waals surface area contributed by atoms with Crippen molar-refractivity contribution in [3.8, 4) is 6.07 Å². The number of nitro groups is 1. The molecule has 0 aliphatic carbocycles. The predicted octanol–water partition coefficient (Wildman–Crippen LogP) is 2.91. The van der Waals surface area contributed by atoms with E-state index in [1.165, 1.54) is 0 Å². The minimum Gasteiger partial charge on any atom is -0.293 e. The molecule has 0 aliphatic heterocycles.